The number of rotatable bonds is 11. The first-order chi connectivity index (χ1) is 15.7. The summed E-state index contributed by atoms with van der Waals surface area (Å²) >= 11 is 6.00. The standard InChI is InChI=1S/C23H30ClN5O4/c1-15-16(2)29(9-6-10-32-4)23(18(15)12-25)27-22(31)14-28(3)13-21(30)26-19-11-17(24)7-8-20(19)33-5/h7-8,11H,6,9-10,13-14H2,1-5H3,(H,26,30)(H,27,31). The van der Waals surface area contributed by atoms with Gasteiger partial charge >= 0.3 is 0 Å². The molecule has 0 saturated carbocycles. The number of ether oxygens (including phenoxy) is 2. The second kappa shape index (κ2) is 12.3. The van der Waals surface area contributed by atoms with E-state index < -0.39 is 0 Å². The third-order valence-corrected chi connectivity index (χ3v) is 5.43. The van der Waals surface area contributed by atoms with Gasteiger partial charge < -0.3 is 24.7 Å². The van der Waals surface area contributed by atoms with Crippen molar-refractivity contribution < 1.29 is 19.1 Å². The van der Waals surface area contributed by atoms with Crippen molar-refractivity contribution in [3.05, 3.63) is 40.0 Å². The van der Waals surface area contributed by atoms with Crippen molar-refractivity contribution in [2.75, 3.05) is 51.6 Å². The fourth-order valence-corrected chi connectivity index (χ4v) is 3.63. The van der Waals surface area contributed by atoms with Crippen molar-refractivity contribution in [1.29, 1.82) is 5.26 Å². The van der Waals surface area contributed by atoms with Gasteiger partial charge in [-0.1, -0.05) is 11.6 Å². The van der Waals surface area contributed by atoms with Crippen LogP contribution in [0.3, 0.4) is 0 Å². The molecule has 0 fully saturated rings. The first-order valence-electron chi connectivity index (χ1n) is 10.4. The number of aromatic nitrogens is 1. The molecule has 2 aromatic rings. The number of anilines is 2. The van der Waals surface area contributed by atoms with Gasteiger partial charge in [-0.2, -0.15) is 5.26 Å². The predicted molar refractivity (Wildman–Crippen MR) is 128 cm³/mol. The summed E-state index contributed by atoms with van der Waals surface area (Å²) in [7, 11) is 4.79. The monoisotopic (exact) mass is 475 g/mol. The fraction of sp³-hybridized carbons (Fsp3) is 0.435. The number of nitrogens with zero attached hydrogens (tertiary/aromatic N) is 3. The quantitative estimate of drug-likeness (QED) is 0.483. The summed E-state index contributed by atoms with van der Waals surface area (Å²) in [4.78, 5) is 26.7. The van der Waals surface area contributed by atoms with Gasteiger partial charge in [-0.25, -0.2) is 0 Å². The molecule has 0 saturated heterocycles. The zero-order valence-corrected chi connectivity index (χ0v) is 20.4. The van der Waals surface area contributed by atoms with Gasteiger partial charge in [0, 0.05) is 31.0 Å². The zero-order chi connectivity index (χ0) is 24.5. The van der Waals surface area contributed by atoms with Crippen molar-refractivity contribution in [2.45, 2.75) is 26.8 Å². The minimum Gasteiger partial charge on any atom is -0.495 e. The van der Waals surface area contributed by atoms with Crippen LogP contribution in [0, 0.1) is 25.2 Å². The maximum absolute atomic E-state index is 12.7. The minimum atomic E-state index is -0.326. The Bertz CT molecular complexity index is 1040. The van der Waals surface area contributed by atoms with Gasteiger partial charge in [-0.05, 0) is 51.1 Å². The molecule has 2 amide bonds. The van der Waals surface area contributed by atoms with E-state index in [9.17, 15) is 14.9 Å². The number of carbonyl (C=O) groups is 2. The number of likely N-dealkylation sites (N-methyl/N-ethyl adjacent to an activating group) is 1. The molecule has 178 valence electrons. The topological polar surface area (TPSA) is 109 Å². The van der Waals surface area contributed by atoms with Crippen LogP contribution in [0.1, 0.15) is 23.2 Å². The van der Waals surface area contributed by atoms with Crippen LogP contribution in [0.2, 0.25) is 5.02 Å². The molecule has 1 aromatic carbocycles. The average Bonchev–Trinajstić information content (AvgIpc) is 2.97. The largest absolute Gasteiger partial charge is 0.495 e. The van der Waals surface area contributed by atoms with Gasteiger partial charge in [0.25, 0.3) is 0 Å². The van der Waals surface area contributed by atoms with Crippen molar-refractivity contribution in [2.24, 2.45) is 0 Å². The Labute approximate surface area is 199 Å². The molecule has 0 aliphatic carbocycles. The molecule has 0 radical (unpaired) electrons. The summed E-state index contributed by atoms with van der Waals surface area (Å²) < 4.78 is 12.3. The SMILES string of the molecule is COCCCn1c(C)c(C)c(C#N)c1NC(=O)CN(C)CC(=O)Nc1cc(Cl)ccc1OC. The van der Waals surface area contributed by atoms with E-state index in [1.807, 2.05) is 18.4 Å². The summed E-state index contributed by atoms with van der Waals surface area (Å²) in [5.74, 6) is 0.304. The molecule has 0 bridgehead atoms. The van der Waals surface area contributed by atoms with Gasteiger partial charge in [0.15, 0.2) is 0 Å². The molecule has 0 atom stereocenters. The molecular formula is C23H30ClN5O4. The Hall–Kier alpha value is -3.06. The molecule has 10 heteroatoms. The van der Waals surface area contributed by atoms with Crippen molar-refractivity contribution in [3.63, 3.8) is 0 Å². The Kier molecular flexibility index (Phi) is 9.73. The number of hydrogen-bond donors (Lipinski definition) is 2. The van der Waals surface area contributed by atoms with Crippen molar-refractivity contribution in [1.82, 2.24) is 9.47 Å². The van der Waals surface area contributed by atoms with E-state index in [2.05, 4.69) is 16.7 Å². The molecule has 0 aliphatic heterocycles. The lowest BCUT2D eigenvalue weighted by Crippen LogP contribution is -2.36. The minimum absolute atomic E-state index is 0.0267. The van der Waals surface area contributed by atoms with Crippen LogP contribution in [-0.2, 0) is 20.9 Å². The van der Waals surface area contributed by atoms with Gasteiger partial charge in [-0.3, -0.25) is 14.5 Å². The number of halogens is 1. The van der Waals surface area contributed by atoms with E-state index in [-0.39, 0.29) is 24.9 Å². The number of benzene rings is 1. The van der Waals surface area contributed by atoms with Crippen molar-refractivity contribution in [3.8, 4) is 11.8 Å². The summed E-state index contributed by atoms with van der Waals surface area (Å²) in [6.45, 7) is 4.89. The Balaban J connectivity index is 2.03. The van der Waals surface area contributed by atoms with Crippen molar-refractivity contribution >= 4 is 34.9 Å². The highest BCUT2D eigenvalue weighted by molar-refractivity contribution is 6.31. The Morgan fingerprint density at radius 1 is 1.18 bits per heavy atom. The molecule has 1 heterocycles. The normalized spacial score (nSPS) is 10.7. The maximum Gasteiger partial charge on any atom is 0.239 e. The highest BCUT2D eigenvalue weighted by Gasteiger charge is 2.20. The summed E-state index contributed by atoms with van der Waals surface area (Å²) in [6.07, 6.45) is 0.742. The van der Waals surface area contributed by atoms with Gasteiger partial charge in [0.1, 0.15) is 17.6 Å². The van der Waals surface area contributed by atoms with Crippen LogP contribution >= 0.6 is 11.6 Å². The Morgan fingerprint density at radius 3 is 2.45 bits per heavy atom. The summed E-state index contributed by atoms with van der Waals surface area (Å²) in [6, 6.07) is 7.10. The van der Waals surface area contributed by atoms with Gasteiger partial charge in [0.05, 0.1) is 31.5 Å². The van der Waals surface area contributed by atoms with E-state index in [1.165, 1.54) is 7.11 Å². The van der Waals surface area contributed by atoms with Crippen LogP contribution in [-0.4, -0.2) is 62.2 Å². The van der Waals surface area contributed by atoms with E-state index in [1.54, 1.807) is 37.3 Å². The fourth-order valence-electron chi connectivity index (χ4n) is 3.46. The number of nitriles is 1. The van der Waals surface area contributed by atoms with Gasteiger partial charge in [0.2, 0.25) is 11.8 Å². The lowest BCUT2D eigenvalue weighted by Gasteiger charge is -2.18. The van der Waals surface area contributed by atoms with Crippen LogP contribution < -0.4 is 15.4 Å². The first-order valence-corrected chi connectivity index (χ1v) is 10.8. The third-order valence-electron chi connectivity index (χ3n) is 5.19. The Morgan fingerprint density at radius 2 is 1.85 bits per heavy atom. The number of carbonyl (C=O) groups excluding carboxylic acids is 2. The van der Waals surface area contributed by atoms with Crippen LogP contribution in [0.5, 0.6) is 5.75 Å². The number of amides is 2. The maximum atomic E-state index is 12.7. The third kappa shape index (κ3) is 6.96. The van der Waals surface area contributed by atoms with Gasteiger partial charge in [-0.15, -0.1) is 0 Å². The average molecular weight is 476 g/mol. The van der Waals surface area contributed by atoms with E-state index in [0.717, 1.165) is 17.7 Å². The number of nitrogens with one attached hydrogen (secondary N) is 2. The summed E-state index contributed by atoms with van der Waals surface area (Å²) in [5, 5.41) is 15.7. The molecule has 0 aliphatic rings. The highest BCUT2D eigenvalue weighted by atomic mass is 35.5. The second-order valence-electron chi connectivity index (χ2n) is 7.66. The van der Waals surface area contributed by atoms with Crippen LogP contribution in [0.15, 0.2) is 18.2 Å². The van der Waals surface area contributed by atoms with Crippen LogP contribution in [0.4, 0.5) is 11.5 Å². The van der Waals surface area contributed by atoms with Crippen LogP contribution in [0.25, 0.3) is 0 Å². The predicted octanol–water partition coefficient (Wildman–Crippen LogP) is 3.18. The molecule has 2 N–H and O–H groups in total. The molecule has 0 unspecified atom stereocenters. The lowest BCUT2D eigenvalue weighted by atomic mass is 10.2. The van der Waals surface area contributed by atoms with E-state index >= 15 is 0 Å². The highest BCUT2D eigenvalue weighted by Crippen LogP contribution is 2.28. The second-order valence-corrected chi connectivity index (χ2v) is 8.09. The number of methoxy groups -OCH3 is 2. The molecule has 1 aromatic heterocycles. The smallest absolute Gasteiger partial charge is 0.239 e. The molecule has 33 heavy (non-hydrogen) atoms. The lowest BCUT2D eigenvalue weighted by molar-refractivity contribution is -0.119. The molecule has 9 nitrogen and oxygen atoms in total. The number of hydrogen-bond acceptors (Lipinski definition) is 6. The summed E-state index contributed by atoms with van der Waals surface area (Å²) in [5.41, 5.74) is 2.63. The first kappa shape index (κ1) is 26.2. The van der Waals surface area contributed by atoms with E-state index in [4.69, 9.17) is 21.1 Å². The molecule has 0 spiro atoms. The molecular weight excluding hydrogens is 446 g/mol. The molecule has 2 rings (SSSR count). The zero-order valence-electron chi connectivity index (χ0n) is 19.6. The van der Waals surface area contributed by atoms with E-state index in [0.29, 0.717) is 41.0 Å².